The highest BCUT2D eigenvalue weighted by molar-refractivity contribution is 6.05. The van der Waals surface area contributed by atoms with E-state index in [0.29, 0.717) is 25.1 Å². The van der Waals surface area contributed by atoms with Gasteiger partial charge in [-0.25, -0.2) is 0 Å². The zero-order valence-corrected chi connectivity index (χ0v) is 14.0. The fourth-order valence-corrected chi connectivity index (χ4v) is 4.07. The Morgan fingerprint density at radius 2 is 2.04 bits per heavy atom. The third-order valence-corrected chi connectivity index (χ3v) is 5.34. The highest BCUT2D eigenvalue weighted by Crippen LogP contribution is 2.30. The van der Waals surface area contributed by atoms with Crippen LogP contribution in [-0.2, 0) is 22.7 Å². The van der Waals surface area contributed by atoms with Crippen molar-refractivity contribution in [2.45, 2.75) is 44.4 Å². The van der Waals surface area contributed by atoms with Gasteiger partial charge in [-0.05, 0) is 24.0 Å². The van der Waals surface area contributed by atoms with Crippen molar-refractivity contribution >= 4 is 17.7 Å². The molecule has 3 amide bonds. The lowest BCUT2D eigenvalue weighted by atomic mass is 10.0. The quantitative estimate of drug-likeness (QED) is 0.753. The summed E-state index contributed by atoms with van der Waals surface area (Å²) in [6.45, 7) is 2.91. The molecule has 0 bridgehead atoms. The van der Waals surface area contributed by atoms with Crippen LogP contribution in [0.25, 0.3) is 0 Å². The molecule has 2 atom stereocenters. The number of imide groups is 1. The Morgan fingerprint density at radius 1 is 1.20 bits per heavy atom. The molecule has 0 spiro atoms. The van der Waals surface area contributed by atoms with Crippen LogP contribution in [0.4, 0.5) is 0 Å². The molecule has 3 heterocycles. The van der Waals surface area contributed by atoms with Gasteiger partial charge in [0.1, 0.15) is 6.04 Å². The topological polar surface area (TPSA) is 95.7 Å². The van der Waals surface area contributed by atoms with Gasteiger partial charge in [0.05, 0.1) is 0 Å². The third kappa shape index (κ3) is 2.94. The van der Waals surface area contributed by atoms with Gasteiger partial charge in [0.25, 0.3) is 5.91 Å². The van der Waals surface area contributed by atoms with Crippen LogP contribution in [0.15, 0.2) is 18.2 Å². The number of nitrogens with two attached hydrogens (primary N) is 1. The summed E-state index contributed by atoms with van der Waals surface area (Å²) < 4.78 is 0. The molecule has 4 rings (SSSR count). The van der Waals surface area contributed by atoms with Crippen molar-refractivity contribution in [1.82, 2.24) is 15.1 Å². The van der Waals surface area contributed by atoms with Gasteiger partial charge in [0.2, 0.25) is 11.8 Å². The van der Waals surface area contributed by atoms with E-state index in [0.717, 1.165) is 30.6 Å². The number of nitrogens with one attached hydrogen (secondary N) is 1. The smallest absolute Gasteiger partial charge is 0.255 e. The normalized spacial score (nSPS) is 26.9. The lowest BCUT2D eigenvalue weighted by molar-refractivity contribution is -0.136. The van der Waals surface area contributed by atoms with Crippen molar-refractivity contribution in [1.29, 1.82) is 0 Å². The molecular weight excluding hydrogens is 320 g/mol. The Morgan fingerprint density at radius 3 is 2.76 bits per heavy atom. The van der Waals surface area contributed by atoms with E-state index in [-0.39, 0.29) is 30.2 Å². The fourth-order valence-electron chi connectivity index (χ4n) is 4.07. The van der Waals surface area contributed by atoms with Gasteiger partial charge >= 0.3 is 0 Å². The van der Waals surface area contributed by atoms with Crippen molar-refractivity contribution in [3.8, 4) is 0 Å². The van der Waals surface area contributed by atoms with E-state index in [2.05, 4.69) is 10.2 Å². The first-order valence-electron chi connectivity index (χ1n) is 8.76. The molecule has 0 saturated carbocycles. The molecule has 1 aromatic carbocycles. The van der Waals surface area contributed by atoms with Gasteiger partial charge in [-0.3, -0.25) is 24.6 Å². The SMILES string of the molecule is N[C@H]1CCN(Cc2cccc3c2C(=O)N(C2CCC(=O)NC2=O)C3)C1. The first-order chi connectivity index (χ1) is 12.0. The lowest BCUT2D eigenvalue weighted by Crippen LogP contribution is -2.52. The first-order valence-corrected chi connectivity index (χ1v) is 8.76. The summed E-state index contributed by atoms with van der Waals surface area (Å²) >= 11 is 0. The van der Waals surface area contributed by atoms with Gasteiger partial charge in [-0.1, -0.05) is 18.2 Å². The number of hydrogen-bond donors (Lipinski definition) is 2. The molecule has 0 aliphatic carbocycles. The molecule has 1 aromatic rings. The molecule has 0 radical (unpaired) electrons. The number of rotatable bonds is 3. The maximum absolute atomic E-state index is 13.0. The fraction of sp³-hybridized carbons (Fsp3) is 0.500. The second-order valence-corrected chi connectivity index (χ2v) is 7.14. The Labute approximate surface area is 146 Å². The van der Waals surface area contributed by atoms with Crippen molar-refractivity contribution in [2.24, 2.45) is 5.73 Å². The molecule has 132 valence electrons. The average molecular weight is 342 g/mol. The number of hydrogen-bond acceptors (Lipinski definition) is 5. The van der Waals surface area contributed by atoms with Crippen molar-refractivity contribution in [3.63, 3.8) is 0 Å². The predicted molar refractivity (Wildman–Crippen MR) is 90.4 cm³/mol. The molecular formula is C18H22N4O3. The number of nitrogens with zero attached hydrogens (tertiary/aromatic N) is 2. The van der Waals surface area contributed by atoms with Gasteiger partial charge < -0.3 is 10.6 Å². The van der Waals surface area contributed by atoms with Gasteiger partial charge in [-0.15, -0.1) is 0 Å². The Bertz CT molecular complexity index is 748. The summed E-state index contributed by atoms with van der Waals surface area (Å²) in [5, 5.41) is 2.34. The highest BCUT2D eigenvalue weighted by Gasteiger charge is 2.40. The molecule has 7 heteroatoms. The van der Waals surface area contributed by atoms with Gasteiger partial charge in [-0.2, -0.15) is 0 Å². The van der Waals surface area contributed by atoms with E-state index in [1.54, 1.807) is 4.90 Å². The van der Waals surface area contributed by atoms with Crippen LogP contribution in [0.3, 0.4) is 0 Å². The maximum Gasteiger partial charge on any atom is 0.255 e. The largest absolute Gasteiger partial charge is 0.326 e. The van der Waals surface area contributed by atoms with Crippen LogP contribution in [0.1, 0.15) is 40.7 Å². The minimum Gasteiger partial charge on any atom is -0.326 e. The molecule has 3 aliphatic heterocycles. The summed E-state index contributed by atoms with van der Waals surface area (Å²) in [6.07, 6.45) is 1.64. The Balaban J connectivity index is 1.56. The minimum atomic E-state index is -0.564. The Hall–Kier alpha value is -2.25. The van der Waals surface area contributed by atoms with Crippen molar-refractivity contribution in [3.05, 3.63) is 34.9 Å². The molecule has 7 nitrogen and oxygen atoms in total. The van der Waals surface area contributed by atoms with Crippen molar-refractivity contribution < 1.29 is 14.4 Å². The van der Waals surface area contributed by atoms with E-state index in [4.69, 9.17) is 5.73 Å². The van der Waals surface area contributed by atoms with Crippen LogP contribution in [0.5, 0.6) is 0 Å². The number of carbonyl (C=O) groups is 3. The van der Waals surface area contributed by atoms with E-state index in [1.165, 1.54) is 0 Å². The van der Waals surface area contributed by atoms with Crippen molar-refractivity contribution in [2.75, 3.05) is 13.1 Å². The summed E-state index contributed by atoms with van der Waals surface area (Å²) in [5.74, 6) is -0.746. The van der Waals surface area contributed by atoms with E-state index < -0.39 is 6.04 Å². The van der Waals surface area contributed by atoms with E-state index in [1.807, 2.05) is 18.2 Å². The van der Waals surface area contributed by atoms with Gasteiger partial charge in [0.15, 0.2) is 0 Å². The summed E-state index contributed by atoms with van der Waals surface area (Å²) in [6, 6.07) is 5.52. The number of benzene rings is 1. The number of carbonyl (C=O) groups excluding carboxylic acids is 3. The summed E-state index contributed by atoms with van der Waals surface area (Å²) in [4.78, 5) is 40.4. The van der Waals surface area contributed by atoms with Crippen LogP contribution in [0, 0.1) is 0 Å². The molecule has 2 saturated heterocycles. The maximum atomic E-state index is 13.0. The minimum absolute atomic E-state index is 0.108. The van der Waals surface area contributed by atoms with Crippen LogP contribution in [-0.4, -0.2) is 52.7 Å². The van der Waals surface area contributed by atoms with E-state index in [9.17, 15) is 14.4 Å². The van der Waals surface area contributed by atoms with Gasteiger partial charge in [0, 0.05) is 44.2 Å². The zero-order valence-electron chi connectivity index (χ0n) is 14.0. The number of piperidine rings is 1. The average Bonchev–Trinajstić information content (AvgIpc) is 3.12. The molecule has 2 fully saturated rings. The summed E-state index contributed by atoms with van der Waals surface area (Å²) in [7, 11) is 0. The summed E-state index contributed by atoms with van der Waals surface area (Å²) in [5.41, 5.74) is 8.64. The molecule has 0 aromatic heterocycles. The number of fused-ring (bicyclic) bond motifs is 1. The van der Waals surface area contributed by atoms with E-state index >= 15 is 0 Å². The number of amides is 3. The lowest BCUT2D eigenvalue weighted by Gasteiger charge is -2.29. The third-order valence-electron chi connectivity index (χ3n) is 5.34. The second kappa shape index (κ2) is 6.24. The Kier molecular flexibility index (Phi) is 4.05. The second-order valence-electron chi connectivity index (χ2n) is 7.14. The molecule has 3 aliphatic rings. The molecule has 3 N–H and O–H groups in total. The predicted octanol–water partition coefficient (Wildman–Crippen LogP) is -0.0194. The first kappa shape index (κ1) is 16.2. The standard InChI is InChI=1S/C18H22N4O3/c19-13-6-7-21(10-13)8-11-2-1-3-12-9-22(18(25)16(11)12)14-4-5-15(23)20-17(14)24/h1-3,13-14H,4-10,19H2,(H,20,23,24)/t13-,14?/m0/s1. The monoisotopic (exact) mass is 342 g/mol. The molecule has 25 heavy (non-hydrogen) atoms. The zero-order chi connectivity index (χ0) is 17.6. The highest BCUT2D eigenvalue weighted by atomic mass is 16.2. The molecule has 1 unspecified atom stereocenters. The van der Waals surface area contributed by atoms with Crippen LogP contribution in [0.2, 0.25) is 0 Å². The number of likely N-dealkylation sites (tertiary alicyclic amines) is 1. The van der Waals surface area contributed by atoms with Crippen LogP contribution >= 0.6 is 0 Å². The van der Waals surface area contributed by atoms with Crippen LogP contribution < -0.4 is 11.1 Å².